The molecule has 0 aliphatic carbocycles. The lowest BCUT2D eigenvalue weighted by Crippen LogP contribution is -2.23. The summed E-state index contributed by atoms with van der Waals surface area (Å²) in [6.07, 6.45) is 1.18. The van der Waals surface area contributed by atoms with E-state index in [4.69, 9.17) is 14.2 Å². The molecule has 0 fully saturated rings. The largest absolute Gasteiger partial charge is 0.493 e. The Balaban J connectivity index is 1.96. The van der Waals surface area contributed by atoms with Crippen molar-refractivity contribution in [1.82, 2.24) is 5.32 Å². The third-order valence-electron chi connectivity index (χ3n) is 4.33. The summed E-state index contributed by atoms with van der Waals surface area (Å²) in [5.41, 5.74) is 4.55. The maximum absolute atomic E-state index is 12.2. The van der Waals surface area contributed by atoms with Crippen LogP contribution in [0.4, 0.5) is 0 Å². The summed E-state index contributed by atoms with van der Waals surface area (Å²) < 4.78 is 16.0. The second-order valence-corrected chi connectivity index (χ2v) is 6.24. The van der Waals surface area contributed by atoms with Crippen molar-refractivity contribution in [3.63, 3.8) is 0 Å². The molecule has 0 atom stereocenters. The number of nitrogens with one attached hydrogen (secondary N) is 1. The minimum Gasteiger partial charge on any atom is -0.493 e. The first-order valence-electron chi connectivity index (χ1n) is 8.60. The average Bonchev–Trinajstić information content (AvgIpc) is 2.64. The molecule has 1 amide bonds. The minimum atomic E-state index is 0.0127. The van der Waals surface area contributed by atoms with Gasteiger partial charge in [-0.1, -0.05) is 23.8 Å². The standard InChI is InChI=1S/C21H27NO4/c1-14-6-7-17(15(2)10-14)8-9-20(23)22-13-16-11-18(24-3)21(26-5)19(12-16)25-4/h6-7,10-12H,8-9,13H2,1-5H3,(H,22,23). The van der Waals surface area contributed by atoms with Gasteiger partial charge >= 0.3 is 0 Å². The topological polar surface area (TPSA) is 56.8 Å². The Morgan fingerprint density at radius 1 is 0.962 bits per heavy atom. The van der Waals surface area contributed by atoms with Crippen LogP contribution in [-0.2, 0) is 17.8 Å². The third kappa shape index (κ3) is 4.91. The Labute approximate surface area is 155 Å². The van der Waals surface area contributed by atoms with Gasteiger partial charge in [0.15, 0.2) is 11.5 Å². The number of aryl methyl sites for hydroxylation is 3. The Morgan fingerprint density at radius 2 is 1.62 bits per heavy atom. The molecule has 0 aliphatic rings. The van der Waals surface area contributed by atoms with Crippen molar-refractivity contribution in [2.45, 2.75) is 33.2 Å². The van der Waals surface area contributed by atoms with Crippen LogP contribution in [0.3, 0.4) is 0 Å². The van der Waals surface area contributed by atoms with E-state index in [1.165, 1.54) is 16.7 Å². The number of hydrogen-bond donors (Lipinski definition) is 1. The number of amides is 1. The van der Waals surface area contributed by atoms with Gasteiger partial charge in [-0.3, -0.25) is 4.79 Å². The highest BCUT2D eigenvalue weighted by atomic mass is 16.5. The lowest BCUT2D eigenvalue weighted by Gasteiger charge is -2.14. The fourth-order valence-electron chi connectivity index (χ4n) is 2.90. The van der Waals surface area contributed by atoms with Crippen molar-refractivity contribution in [2.24, 2.45) is 0 Å². The van der Waals surface area contributed by atoms with Crippen LogP contribution in [0.1, 0.15) is 28.7 Å². The fraction of sp³-hybridized carbons (Fsp3) is 0.381. The smallest absolute Gasteiger partial charge is 0.220 e. The van der Waals surface area contributed by atoms with E-state index in [9.17, 15) is 4.79 Å². The van der Waals surface area contributed by atoms with E-state index in [0.29, 0.717) is 30.2 Å². The first kappa shape index (κ1) is 19.6. The molecule has 0 heterocycles. The van der Waals surface area contributed by atoms with Crippen LogP contribution in [0.5, 0.6) is 17.2 Å². The van der Waals surface area contributed by atoms with Gasteiger partial charge in [0.1, 0.15) is 0 Å². The van der Waals surface area contributed by atoms with Crippen LogP contribution >= 0.6 is 0 Å². The van der Waals surface area contributed by atoms with Crippen molar-refractivity contribution < 1.29 is 19.0 Å². The molecule has 2 rings (SSSR count). The van der Waals surface area contributed by atoms with E-state index >= 15 is 0 Å². The van der Waals surface area contributed by atoms with Crippen LogP contribution in [-0.4, -0.2) is 27.2 Å². The zero-order chi connectivity index (χ0) is 19.1. The molecule has 2 aromatic rings. The number of carbonyl (C=O) groups is 1. The molecule has 1 N–H and O–H groups in total. The molecule has 26 heavy (non-hydrogen) atoms. The molecule has 0 aromatic heterocycles. The number of hydrogen-bond acceptors (Lipinski definition) is 4. The van der Waals surface area contributed by atoms with Gasteiger partial charge in [0.05, 0.1) is 21.3 Å². The van der Waals surface area contributed by atoms with Crippen LogP contribution in [0.2, 0.25) is 0 Å². The highest BCUT2D eigenvalue weighted by Crippen LogP contribution is 2.38. The highest BCUT2D eigenvalue weighted by molar-refractivity contribution is 5.76. The van der Waals surface area contributed by atoms with Crippen LogP contribution < -0.4 is 19.5 Å². The van der Waals surface area contributed by atoms with Crippen LogP contribution in [0.25, 0.3) is 0 Å². The first-order chi connectivity index (χ1) is 12.5. The number of rotatable bonds is 8. The first-order valence-corrected chi connectivity index (χ1v) is 8.60. The Hall–Kier alpha value is -2.69. The summed E-state index contributed by atoms with van der Waals surface area (Å²) in [5, 5.41) is 2.95. The van der Waals surface area contributed by atoms with Crippen molar-refractivity contribution in [2.75, 3.05) is 21.3 Å². The molecule has 140 valence electrons. The van der Waals surface area contributed by atoms with E-state index < -0.39 is 0 Å². The van der Waals surface area contributed by atoms with E-state index in [1.807, 2.05) is 12.1 Å². The zero-order valence-corrected chi connectivity index (χ0v) is 16.1. The number of methoxy groups -OCH3 is 3. The summed E-state index contributed by atoms with van der Waals surface area (Å²) in [4.78, 5) is 12.2. The summed E-state index contributed by atoms with van der Waals surface area (Å²) >= 11 is 0. The van der Waals surface area contributed by atoms with Crippen LogP contribution in [0.15, 0.2) is 30.3 Å². The van der Waals surface area contributed by atoms with Gasteiger partial charge in [0.2, 0.25) is 11.7 Å². The molecule has 2 aromatic carbocycles. The molecular formula is C21H27NO4. The number of carbonyl (C=O) groups excluding carboxylic acids is 1. The number of benzene rings is 2. The summed E-state index contributed by atoms with van der Waals surface area (Å²) in [6, 6.07) is 9.99. The molecule has 5 nitrogen and oxygen atoms in total. The van der Waals surface area contributed by atoms with Gasteiger partial charge in [-0.05, 0) is 49.1 Å². The van der Waals surface area contributed by atoms with E-state index in [1.54, 1.807) is 21.3 Å². The van der Waals surface area contributed by atoms with Gasteiger partial charge in [0.25, 0.3) is 0 Å². The summed E-state index contributed by atoms with van der Waals surface area (Å²) in [7, 11) is 4.71. The quantitative estimate of drug-likeness (QED) is 0.785. The Kier molecular flexibility index (Phi) is 6.89. The molecule has 0 radical (unpaired) electrons. The van der Waals surface area contributed by atoms with Crippen molar-refractivity contribution in [3.05, 3.63) is 52.6 Å². The SMILES string of the molecule is COc1cc(CNC(=O)CCc2ccc(C)cc2C)cc(OC)c1OC. The van der Waals surface area contributed by atoms with Crippen molar-refractivity contribution >= 4 is 5.91 Å². The van der Waals surface area contributed by atoms with Crippen LogP contribution in [0, 0.1) is 13.8 Å². The Morgan fingerprint density at radius 3 is 2.15 bits per heavy atom. The summed E-state index contributed by atoms with van der Waals surface area (Å²) in [5.74, 6) is 1.71. The van der Waals surface area contributed by atoms with Gasteiger partial charge < -0.3 is 19.5 Å². The Bertz CT molecular complexity index is 746. The van der Waals surface area contributed by atoms with Gasteiger partial charge in [-0.2, -0.15) is 0 Å². The van der Waals surface area contributed by atoms with E-state index in [2.05, 4.69) is 37.4 Å². The van der Waals surface area contributed by atoms with Gasteiger partial charge in [-0.25, -0.2) is 0 Å². The van der Waals surface area contributed by atoms with E-state index in [-0.39, 0.29) is 5.91 Å². The molecule has 0 saturated heterocycles. The maximum Gasteiger partial charge on any atom is 0.220 e. The fourth-order valence-corrected chi connectivity index (χ4v) is 2.90. The minimum absolute atomic E-state index is 0.0127. The maximum atomic E-state index is 12.2. The lowest BCUT2D eigenvalue weighted by atomic mass is 10.0. The highest BCUT2D eigenvalue weighted by Gasteiger charge is 2.13. The lowest BCUT2D eigenvalue weighted by molar-refractivity contribution is -0.121. The predicted octanol–water partition coefficient (Wildman–Crippen LogP) is 3.58. The average molecular weight is 357 g/mol. The second kappa shape index (κ2) is 9.13. The molecule has 0 aliphatic heterocycles. The second-order valence-electron chi connectivity index (χ2n) is 6.24. The van der Waals surface area contributed by atoms with Crippen molar-refractivity contribution in [3.8, 4) is 17.2 Å². The predicted molar refractivity (Wildman–Crippen MR) is 102 cm³/mol. The van der Waals surface area contributed by atoms with Crippen molar-refractivity contribution in [1.29, 1.82) is 0 Å². The normalized spacial score (nSPS) is 10.3. The monoisotopic (exact) mass is 357 g/mol. The molecular weight excluding hydrogens is 330 g/mol. The van der Waals surface area contributed by atoms with Gasteiger partial charge in [0, 0.05) is 13.0 Å². The molecule has 5 heteroatoms. The molecule has 0 spiro atoms. The molecule has 0 bridgehead atoms. The van der Waals surface area contributed by atoms with Gasteiger partial charge in [-0.15, -0.1) is 0 Å². The molecule has 0 saturated carbocycles. The zero-order valence-electron chi connectivity index (χ0n) is 16.1. The third-order valence-corrected chi connectivity index (χ3v) is 4.33. The van der Waals surface area contributed by atoms with E-state index in [0.717, 1.165) is 12.0 Å². The molecule has 0 unspecified atom stereocenters. The number of ether oxygens (including phenoxy) is 3. The summed E-state index contributed by atoms with van der Waals surface area (Å²) in [6.45, 7) is 4.56.